The van der Waals surface area contributed by atoms with Crippen LogP contribution in [0.25, 0.3) is 10.9 Å². The van der Waals surface area contributed by atoms with E-state index in [2.05, 4.69) is 54.2 Å². The van der Waals surface area contributed by atoms with Crippen molar-refractivity contribution in [2.45, 2.75) is 46.0 Å². The highest BCUT2D eigenvalue weighted by Crippen LogP contribution is 2.42. The van der Waals surface area contributed by atoms with Gasteiger partial charge in [-0.1, -0.05) is 22.9 Å². The minimum absolute atomic E-state index is 0.686. The van der Waals surface area contributed by atoms with Crippen molar-refractivity contribution in [2.75, 3.05) is 11.9 Å². The number of fused-ring (bicyclic) bond motifs is 1. The van der Waals surface area contributed by atoms with E-state index in [4.69, 9.17) is 4.98 Å². The average molecular weight is 333 g/mol. The number of halogens is 1. The van der Waals surface area contributed by atoms with E-state index in [-0.39, 0.29) is 0 Å². The minimum atomic E-state index is 0.686. The van der Waals surface area contributed by atoms with E-state index in [1.165, 1.54) is 45.2 Å². The first-order valence-corrected chi connectivity index (χ1v) is 8.25. The molecule has 1 heterocycles. The van der Waals surface area contributed by atoms with Gasteiger partial charge >= 0.3 is 0 Å². The summed E-state index contributed by atoms with van der Waals surface area (Å²) in [5, 5.41) is 4.85. The molecule has 0 aliphatic heterocycles. The smallest absolute Gasteiger partial charge is 0.0732 e. The highest BCUT2D eigenvalue weighted by molar-refractivity contribution is 9.10. The van der Waals surface area contributed by atoms with Gasteiger partial charge in [0.15, 0.2) is 0 Å². The van der Waals surface area contributed by atoms with Crippen molar-refractivity contribution in [1.29, 1.82) is 0 Å². The van der Waals surface area contributed by atoms with E-state index in [1.54, 1.807) is 0 Å². The zero-order valence-electron chi connectivity index (χ0n) is 12.4. The lowest BCUT2D eigenvalue weighted by Crippen LogP contribution is -2.04. The van der Waals surface area contributed by atoms with Crippen molar-refractivity contribution in [3.8, 4) is 0 Å². The van der Waals surface area contributed by atoms with Gasteiger partial charge in [0, 0.05) is 33.7 Å². The molecule has 0 atom stereocenters. The Morgan fingerprint density at radius 2 is 2.05 bits per heavy atom. The number of nitrogens with one attached hydrogen (secondary N) is 1. The molecule has 1 aliphatic rings. The molecule has 0 radical (unpaired) electrons. The van der Waals surface area contributed by atoms with Gasteiger partial charge in [0.2, 0.25) is 0 Å². The molecule has 0 bridgehead atoms. The van der Waals surface area contributed by atoms with Crippen LogP contribution in [0, 0.1) is 13.8 Å². The van der Waals surface area contributed by atoms with Crippen molar-refractivity contribution in [1.82, 2.24) is 4.98 Å². The van der Waals surface area contributed by atoms with Crippen molar-refractivity contribution in [3.63, 3.8) is 0 Å². The zero-order chi connectivity index (χ0) is 14.3. The van der Waals surface area contributed by atoms with Crippen LogP contribution in [0.5, 0.6) is 0 Å². The number of pyridine rings is 1. The van der Waals surface area contributed by atoms with Gasteiger partial charge in [0.25, 0.3) is 0 Å². The molecule has 0 unspecified atom stereocenters. The standard InChI is InChI=1S/C17H21BrN2/c1-4-7-19-14-9-13(12-5-6-12)20-15-8-10(2)17(18)11(3)16(14)15/h8-9,12H,4-7H2,1-3H3,(H,19,20). The molecule has 0 amide bonds. The van der Waals surface area contributed by atoms with Gasteiger partial charge < -0.3 is 5.32 Å². The highest BCUT2D eigenvalue weighted by atomic mass is 79.9. The second-order valence-electron chi connectivity index (χ2n) is 5.82. The first-order valence-electron chi connectivity index (χ1n) is 7.46. The number of hydrogen-bond acceptors (Lipinski definition) is 2. The van der Waals surface area contributed by atoms with Crippen molar-refractivity contribution in [2.24, 2.45) is 0 Å². The largest absolute Gasteiger partial charge is 0.384 e. The molecule has 0 spiro atoms. The summed E-state index contributed by atoms with van der Waals surface area (Å²) in [5.41, 5.74) is 6.19. The fourth-order valence-electron chi connectivity index (χ4n) is 2.75. The molecule has 0 saturated heterocycles. The molecule has 1 N–H and O–H groups in total. The lowest BCUT2D eigenvalue weighted by atomic mass is 10.0. The molecule has 1 saturated carbocycles. The predicted octanol–water partition coefficient (Wildman–Crippen LogP) is 5.31. The summed E-state index contributed by atoms with van der Waals surface area (Å²) in [6.45, 7) is 7.52. The number of nitrogens with zero attached hydrogens (tertiary/aromatic N) is 1. The summed E-state index contributed by atoms with van der Waals surface area (Å²) in [6, 6.07) is 4.47. The first kappa shape index (κ1) is 13.9. The Balaban J connectivity index is 2.22. The number of aryl methyl sites for hydroxylation is 2. The Hall–Kier alpha value is -1.09. The molecule has 1 fully saturated rings. The minimum Gasteiger partial charge on any atom is -0.384 e. The van der Waals surface area contributed by atoms with Crippen molar-refractivity contribution >= 4 is 32.5 Å². The maximum Gasteiger partial charge on any atom is 0.0732 e. The molecular weight excluding hydrogens is 312 g/mol. The van der Waals surface area contributed by atoms with Crippen molar-refractivity contribution < 1.29 is 0 Å². The summed E-state index contributed by atoms with van der Waals surface area (Å²) in [5.74, 6) is 0.686. The molecule has 1 aromatic carbocycles. The van der Waals surface area contributed by atoms with Gasteiger partial charge in [-0.25, -0.2) is 0 Å². The van der Waals surface area contributed by atoms with Crippen molar-refractivity contribution in [3.05, 3.63) is 33.4 Å². The number of rotatable bonds is 4. The number of hydrogen-bond donors (Lipinski definition) is 1. The maximum atomic E-state index is 4.91. The molecule has 1 aliphatic carbocycles. The first-order chi connectivity index (χ1) is 9.61. The Bertz CT molecular complexity index is 660. The predicted molar refractivity (Wildman–Crippen MR) is 89.7 cm³/mol. The lowest BCUT2D eigenvalue weighted by Gasteiger charge is -2.15. The molecule has 20 heavy (non-hydrogen) atoms. The summed E-state index contributed by atoms with van der Waals surface area (Å²) in [4.78, 5) is 4.91. The monoisotopic (exact) mass is 332 g/mol. The van der Waals surface area contributed by atoms with E-state index in [1.807, 2.05) is 0 Å². The van der Waals surface area contributed by atoms with Crippen LogP contribution in [0.1, 0.15) is 48.9 Å². The molecule has 2 nitrogen and oxygen atoms in total. The summed E-state index contributed by atoms with van der Waals surface area (Å²) < 4.78 is 1.20. The molecule has 1 aromatic heterocycles. The number of benzene rings is 1. The second kappa shape index (κ2) is 5.36. The molecule has 3 rings (SSSR count). The normalized spacial score (nSPS) is 14.8. The number of aromatic nitrogens is 1. The Morgan fingerprint density at radius 1 is 1.30 bits per heavy atom. The third-order valence-electron chi connectivity index (χ3n) is 4.03. The van der Waals surface area contributed by atoms with Gasteiger partial charge in [0.05, 0.1) is 5.52 Å². The average Bonchev–Trinajstić information content (AvgIpc) is 3.26. The van der Waals surface area contributed by atoms with Crippen LogP contribution in [-0.4, -0.2) is 11.5 Å². The Morgan fingerprint density at radius 3 is 2.70 bits per heavy atom. The third kappa shape index (κ3) is 2.44. The van der Waals surface area contributed by atoms with Crippen LogP contribution in [-0.2, 0) is 0 Å². The van der Waals surface area contributed by atoms with Crippen LogP contribution in [0.4, 0.5) is 5.69 Å². The zero-order valence-corrected chi connectivity index (χ0v) is 14.0. The SMILES string of the molecule is CCCNc1cc(C2CC2)nc2cc(C)c(Br)c(C)c12. The fraction of sp³-hybridized carbons (Fsp3) is 0.471. The van der Waals surface area contributed by atoms with Crippen LogP contribution < -0.4 is 5.32 Å². The molecule has 2 aromatic rings. The molecule has 106 valence electrons. The van der Waals surface area contributed by atoms with Crippen LogP contribution in [0.15, 0.2) is 16.6 Å². The van der Waals surface area contributed by atoms with E-state index < -0.39 is 0 Å². The van der Waals surface area contributed by atoms with Gasteiger partial charge in [-0.05, 0) is 56.4 Å². The molecular formula is C17H21BrN2. The quantitative estimate of drug-likeness (QED) is 0.820. The van der Waals surface area contributed by atoms with E-state index in [9.17, 15) is 0 Å². The highest BCUT2D eigenvalue weighted by Gasteiger charge is 2.26. The van der Waals surface area contributed by atoms with E-state index in [0.29, 0.717) is 5.92 Å². The maximum absolute atomic E-state index is 4.91. The third-order valence-corrected chi connectivity index (χ3v) is 5.25. The number of anilines is 1. The fourth-order valence-corrected chi connectivity index (χ4v) is 3.06. The molecule has 3 heteroatoms. The lowest BCUT2D eigenvalue weighted by molar-refractivity contribution is 0.975. The van der Waals surface area contributed by atoms with Crippen LogP contribution in [0.3, 0.4) is 0 Å². The van der Waals surface area contributed by atoms with E-state index >= 15 is 0 Å². The summed E-state index contributed by atoms with van der Waals surface area (Å²) in [6.07, 6.45) is 3.72. The van der Waals surface area contributed by atoms with Crippen LogP contribution >= 0.6 is 15.9 Å². The summed E-state index contributed by atoms with van der Waals surface area (Å²) in [7, 11) is 0. The van der Waals surface area contributed by atoms with E-state index in [0.717, 1.165) is 18.5 Å². The van der Waals surface area contributed by atoms with Gasteiger partial charge in [-0.15, -0.1) is 0 Å². The summed E-state index contributed by atoms with van der Waals surface area (Å²) >= 11 is 3.71. The van der Waals surface area contributed by atoms with Crippen LogP contribution in [0.2, 0.25) is 0 Å². The Labute approximate surface area is 129 Å². The second-order valence-corrected chi connectivity index (χ2v) is 6.62. The topological polar surface area (TPSA) is 24.9 Å². The Kier molecular flexibility index (Phi) is 3.72. The van der Waals surface area contributed by atoms with Gasteiger partial charge in [-0.2, -0.15) is 0 Å². The van der Waals surface area contributed by atoms with Gasteiger partial charge in [0.1, 0.15) is 0 Å². The van der Waals surface area contributed by atoms with Gasteiger partial charge in [-0.3, -0.25) is 4.98 Å².